The fourth-order valence-electron chi connectivity index (χ4n) is 3.59. The number of rotatable bonds is 9. The van der Waals surface area contributed by atoms with Gasteiger partial charge in [0.1, 0.15) is 16.5 Å². The molecule has 14 nitrogen and oxygen atoms in total. The van der Waals surface area contributed by atoms with E-state index in [1.807, 2.05) is 0 Å². The van der Waals surface area contributed by atoms with Crippen LogP contribution in [0.4, 0.5) is 5.69 Å². The molecule has 0 bridgehead atoms. The molecule has 3 rings (SSSR count). The number of aliphatic carboxylic acids is 2. The van der Waals surface area contributed by atoms with E-state index in [0.717, 1.165) is 12.2 Å². The van der Waals surface area contributed by atoms with E-state index in [1.54, 1.807) is 4.90 Å². The van der Waals surface area contributed by atoms with Gasteiger partial charge < -0.3 is 45.4 Å². The topological polar surface area (TPSA) is 226 Å². The van der Waals surface area contributed by atoms with Gasteiger partial charge in [-0.1, -0.05) is 11.6 Å². The summed E-state index contributed by atoms with van der Waals surface area (Å²) in [5, 5.41) is 62.1. The van der Waals surface area contributed by atoms with Gasteiger partial charge in [0.05, 0.1) is 30.9 Å². The molecule has 0 spiro atoms. The maximum Gasteiger partial charge on any atom is 0.335 e. The van der Waals surface area contributed by atoms with Crippen LogP contribution in [0.5, 0.6) is 11.5 Å². The number of nitrogens with zero attached hydrogens (tertiary/aromatic N) is 2. The summed E-state index contributed by atoms with van der Waals surface area (Å²) >= 11 is 6.24. The van der Waals surface area contributed by atoms with Gasteiger partial charge in [0.25, 0.3) is 0 Å². The molecule has 1 aliphatic carbocycles. The van der Waals surface area contributed by atoms with E-state index in [-0.39, 0.29) is 34.2 Å². The Hall–Kier alpha value is -3.27. The molecule has 204 valence electrons. The van der Waals surface area contributed by atoms with Crippen molar-refractivity contribution in [1.29, 1.82) is 0 Å². The van der Waals surface area contributed by atoms with Gasteiger partial charge in [0.15, 0.2) is 29.5 Å². The summed E-state index contributed by atoms with van der Waals surface area (Å²) in [4.78, 5) is 47.7. The van der Waals surface area contributed by atoms with E-state index in [2.05, 4.69) is 4.90 Å². The largest absolute Gasteiger partial charge is 0.505 e. The van der Waals surface area contributed by atoms with Crippen LogP contribution in [0.15, 0.2) is 12.2 Å². The number of fused-ring (bicyclic) bond motifs is 1. The molecule has 1 aromatic carbocycles. The minimum absolute atomic E-state index is 0.0101. The summed E-state index contributed by atoms with van der Waals surface area (Å²) in [5.41, 5.74) is -0.298. The second-order valence-corrected chi connectivity index (χ2v) is 8.28. The number of carboxylic acids is 2. The maximum absolute atomic E-state index is 12.2. The summed E-state index contributed by atoms with van der Waals surface area (Å²) < 4.78 is 5.26. The zero-order valence-electron chi connectivity index (χ0n) is 19.4. The van der Waals surface area contributed by atoms with Crippen molar-refractivity contribution >= 4 is 40.8 Å². The molecule has 0 unspecified atom stereocenters. The van der Waals surface area contributed by atoms with Crippen molar-refractivity contribution in [3.63, 3.8) is 0 Å². The quantitative estimate of drug-likeness (QED) is 0.141. The van der Waals surface area contributed by atoms with E-state index in [9.17, 15) is 29.4 Å². The minimum Gasteiger partial charge on any atom is -0.505 e. The monoisotopic (exact) mass is 546 g/mol. The number of carbonyl (C=O) groups excluding carboxylic acids is 2. The number of phenols is 2. The van der Waals surface area contributed by atoms with E-state index in [4.69, 9.17) is 41.9 Å². The number of allylic oxidation sites excluding steroid dienone is 2. The number of piperazine rings is 1. The van der Waals surface area contributed by atoms with Crippen molar-refractivity contribution in [2.45, 2.75) is 12.2 Å². The Morgan fingerprint density at radius 3 is 1.84 bits per heavy atom. The number of ether oxygens (including phenoxy) is 1. The first-order chi connectivity index (χ1) is 17.4. The predicted octanol–water partition coefficient (Wildman–Crippen LogP) is -1.31. The zero-order chi connectivity index (χ0) is 27.9. The Morgan fingerprint density at radius 2 is 1.38 bits per heavy atom. The normalized spacial score (nSPS) is 17.0. The Kier molecular flexibility index (Phi) is 10.8. The highest BCUT2D eigenvalue weighted by molar-refractivity contribution is 6.37. The van der Waals surface area contributed by atoms with Crippen molar-refractivity contribution in [2.75, 3.05) is 57.4 Å². The molecule has 2 atom stereocenters. The molecule has 1 aliphatic heterocycles. The molecule has 1 heterocycles. The number of phenolic OH excluding ortho intramolecular Hbond substituents is 2. The number of ketones is 2. The van der Waals surface area contributed by atoms with E-state index >= 15 is 0 Å². The van der Waals surface area contributed by atoms with Crippen LogP contribution in [0, 0.1) is 0 Å². The standard InChI is InChI=1S/C18H21ClN2O6.C4H6O6/c19-15-16(21-5-3-20(4-6-21)7-9-27-10-8-22)18(26)14-12(24)2-1-11(23)13(14)17(15)25;5-1(3(7)8)2(6)4(9)10/h1-2,22,25-26H,3-10H2;1-2,5-6H,(H,7,8)(H,9,10)/t;1-,2-/m.1/s1. The molecule has 15 heteroatoms. The fraction of sp³-hybridized carbons (Fsp3) is 0.455. The number of aromatic hydroxyl groups is 2. The summed E-state index contributed by atoms with van der Waals surface area (Å²) in [5.74, 6) is -5.52. The van der Waals surface area contributed by atoms with Crippen molar-refractivity contribution in [3.8, 4) is 11.5 Å². The lowest BCUT2D eigenvalue weighted by atomic mass is 9.91. The van der Waals surface area contributed by atoms with E-state index < -0.39 is 41.5 Å². The lowest BCUT2D eigenvalue weighted by Crippen LogP contribution is -2.47. The number of anilines is 1. The third-order valence-corrected chi connectivity index (χ3v) is 5.88. The molecular weight excluding hydrogens is 520 g/mol. The molecule has 1 fully saturated rings. The summed E-state index contributed by atoms with van der Waals surface area (Å²) in [7, 11) is 0. The molecule has 7 N–H and O–H groups in total. The lowest BCUT2D eigenvalue weighted by Gasteiger charge is -2.37. The van der Waals surface area contributed by atoms with Gasteiger partial charge in [-0.05, 0) is 12.2 Å². The Bertz CT molecular complexity index is 1050. The van der Waals surface area contributed by atoms with Gasteiger partial charge in [-0.25, -0.2) is 9.59 Å². The Labute approximate surface area is 215 Å². The highest BCUT2D eigenvalue weighted by atomic mass is 35.5. The predicted molar refractivity (Wildman–Crippen MR) is 126 cm³/mol. The smallest absolute Gasteiger partial charge is 0.335 e. The van der Waals surface area contributed by atoms with Crippen LogP contribution < -0.4 is 4.90 Å². The molecule has 1 saturated heterocycles. The number of carboxylic acid groups (broad SMARTS) is 2. The first kappa shape index (κ1) is 30.0. The summed E-state index contributed by atoms with van der Waals surface area (Å²) in [6, 6.07) is 0. The number of hydrogen-bond acceptors (Lipinski definition) is 12. The van der Waals surface area contributed by atoms with E-state index in [1.165, 1.54) is 0 Å². The van der Waals surface area contributed by atoms with Crippen LogP contribution in [-0.4, -0.2) is 129 Å². The second-order valence-electron chi connectivity index (χ2n) is 7.90. The average Bonchev–Trinajstić information content (AvgIpc) is 2.86. The fourth-order valence-corrected chi connectivity index (χ4v) is 3.90. The van der Waals surface area contributed by atoms with Crippen LogP contribution in [0.2, 0.25) is 5.02 Å². The number of benzene rings is 1. The van der Waals surface area contributed by atoms with Gasteiger partial charge in [-0.2, -0.15) is 0 Å². The average molecular weight is 547 g/mol. The van der Waals surface area contributed by atoms with Crippen molar-refractivity contribution < 1.29 is 59.7 Å². The van der Waals surface area contributed by atoms with E-state index in [0.29, 0.717) is 45.9 Å². The number of aliphatic hydroxyl groups excluding tert-OH is 3. The molecule has 0 aromatic heterocycles. The van der Waals surface area contributed by atoms with Crippen molar-refractivity contribution in [2.24, 2.45) is 0 Å². The second kappa shape index (κ2) is 13.3. The number of hydrogen-bond donors (Lipinski definition) is 7. The SMILES string of the molecule is O=C(O)[C@H](O)[C@@H](O)C(=O)O.O=C1C=CC(=O)c2c(O)c(N3CCN(CCOCCO)CC3)c(Cl)c(O)c21. The van der Waals surface area contributed by atoms with Crippen LogP contribution in [-0.2, 0) is 14.3 Å². The number of aliphatic hydroxyl groups is 3. The summed E-state index contributed by atoms with van der Waals surface area (Å²) in [6.45, 7) is 3.89. The minimum atomic E-state index is -2.27. The zero-order valence-corrected chi connectivity index (χ0v) is 20.2. The number of halogens is 1. The molecular formula is C22H27ClN2O12. The highest BCUT2D eigenvalue weighted by Gasteiger charge is 2.34. The molecule has 1 aromatic rings. The molecule has 2 aliphatic rings. The highest BCUT2D eigenvalue weighted by Crippen LogP contribution is 2.48. The van der Waals surface area contributed by atoms with Gasteiger partial charge in [-0.15, -0.1) is 0 Å². The van der Waals surface area contributed by atoms with Gasteiger partial charge in [0.2, 0.25) is 0 Å². The van der Waals surface area contributed by atoms with Gasteiger partial charge >= 0.3 is 11.9 Å². The van der Waals surface area contributed by atoms with Crippen LogP contribution in [0.3, 0.4) is 0 Å². The maximum atomic E-state index is 12.2. The van der Waals surface area contributed by atoms with Crippen LogP contribution >= 0.6 is 11.6 Å². The molecule has 0 saturated carbocycles. The van der Waals surface area contributed by atoms with Gasteiger partial charge in [-0.3, -0.25) is 14.5 Å². The lowest BCUT2D eigenvalue weighted by molar-refractivity contribution is -0.165. The number of carbonyl (C=O) groups is 4. The third kappa shape index (κ3) is 7.15. The summed E-state index contributed by atoms with van der Waals surface area (Å²) in [6.07, 6.45) is -2.40. The van der Waals surface area contributed by atoms with Crippen LogP contribution in [0.1, 0.15) is 20.7 Å². The van der Waals surface area contributed by atoms with Gasteiger partial charge in [0, 0.05) is 32.7 Å². The third-order valence-electron chi connectivity index (χ3n) is 5.52. The first-order valence-corrected chi connectivity index (χ1v) is 11.3. The first-order valence-electron chi connectivity index (χ1n) is 10.9. The Balaban J connectivity index is 0.000000410. The van der Waals surface area contributed by atoms with Crippen molar-refractivity contribution in [3.05, 3.63) is 28.3 Å². The molecule has 0 radical (unpaired) electrons. The molecule has 37 heavy (non-hydrogen) atoms. The Morgan fingerprint density at radius 1 is 0.892 bits per heavy atom. The van der Waals surface area contributed by atoms with Crippen LogP contribution in [0.25, 0.3) is 0 Å². The van der Waals surface area contributed by atoms with Crippen molar-refractivity contribution in [1.82, 2.24) is 4.90 Å². The molecule has 0 amide bonds.